The highest BCUT2D eigenvalue weighted by Crippen LogP contribution is 2.24. The third-order valence-electron chi connectivity index (χ3n) is 3.07. The predicted octanol–water partition coefficient (Wildman–Crippen LogP) is 4.13. The van der Waals surface area contributed by atoms with Crippen molar-refractivity contribution in [2.75, 3.05) is 5.32 Å². The molecule has 0 aliphatic rings. The van der Waals surface area contributed by atoms with Crippen molar-refractivity contribution in [1.82, 2.24) is 4.98 Å². The first-order valence-corrected chi connectivity index (χ1v) is 7.64. The molecule has 0 aliphatic carbocycles. The Morgan fingerprint density at radius 1 is 1.14 bits per heavy atom. The Morgan fingerprint density at radius 2 is 1.95 bits per heavy atom. The topological polar surface area (TPSA) is 42.0 Å². The number of nitrogens with zero attached hydrogens (tertiary/aromatic N) is 1. The van der Waals surface area contributed by atoms with Crippen LogP contribution in [0.1, 0.15) is 5.56 Å². The Hall–Kier alpha value is -2.53. The summed E-state index contributed by atoms with van der Waals surface area (Å²) in [7, 11) is 0. The molecule has 1 aromatic heterocycles. The second kappa shape index (κ2) is 6.49. The molecule has 0 aliphatic heterocycles. The van der Waals surface area contributed by atoms with Crippen LogP contribution in [0, 0.1) is 5.82 Å². The summed E-state index contributed by atoms with van der Waals surface area (Å²) in [4.78, 5) is 16.4. The van der Waals surface area contributed by atoms with Gasteiger partial charge in [-0.15, -0.1) is 11.3 Å². The van der Waals surface area contributed by atoms with Crippen molar-refractivity contribution in [3.63, 3.8) is 0 Å². The van der Waals surface area contributed by atoms with E-state index in [0.717, 1.165) is 11.3 Å². The minimum absolute atomic E-state index is 0.123. The fourth-order valence-corrected chi connectivity index (χ4v) is 2.80. The van der Waals surface area contributed by atoms with E-state index in [0.29, 0.717) is 10.7 Å². The number of carbonyl (C=O) groups is 1. The zero-order chi connectivity index (χ0) is 15.4. The van der Waals surface area contributed by atoms with E-state index in [4.69, 9.17) is 0 Å². The Balaban J connectivity index is 1.66. The van der Waals surface area contributed by atoms with Gasteiger partial charge in [-0.25, -0.2) is 9.37 Å². The zero-order valence-electron chi connectivity index (χ0n) is 11.6. The number of thiazole rings is 1. The number of anilines is 1. The molecule has 2 aromatic carbocycles. The second-order valence-electron chi connectivity index (χ2n) is 4.76. The van der Waals surface area contributed by atoms with E-state index in [1.807, 2.05) is 35.7 Å². The first-order valence-electron chi connectivity index (χ1n) is 6.76. The fourth-order valence-electron chi connectivity index (χ4n) is 2.07. The maximum absolute atomic E-state index is 13.1. The van der Waals surface area contributed by atoms with Gasteiger partial charge < -0.3 is 5.32 Å². The van der Waals surface area contributed by atoms with Gasteiger partial charge in [-0.1, -0.05) is 42.5 Å². The molecule has 0 radical (unpaired) electrons. The van der Waals surface area contributed by atoms with Gasteiger partial charge in [0, 0.05) is 10.9 Å². The summed E-state index contributed by atoms with van der Waals surface area (Å²) in [6.07, 6.45) is 0.123. The van der Waals surface area contributed by atoms with E-state index in [-0.39, 0.29) is 18.1 Å². The van der Waals surface area contributed by atoms with Crippen LogP contribution < -0.4 is 5.32 Å². The smallest absolute Gasteiger partial charge is 0.230 e. The maximum Gasteiger partial charge on any atom is 0.230 e. The first kappa shape index (κ1) is 14.4. The Labute approximate surface area is 131 Å². The van der Waals surface area contributed by atoms with Crippen LogP contribution in [0.5, 0.6) is 0 Å². The molecule has 3 aromatic rings. The van der Waals surface area contributed by atoms with Crippen LogP contribution in [0.15, 0.2) is 60.0 Å². The van der Waals surface area contributed by atoms with Crippen molar-refractivity contribution in [2.45, 2.75) is 6.42 Å². The lowest BCUT2D eigenvalue weighted by Crippen LogP contribution is -2.14. The Morgan fingerprint density at radius 3 is 2.73 bits per heavy atom. The largest absolute Gasteiger partial charge is 0.302 e. The summed E-state index contributed by atoms with van der Waals surface area (Å²) in [5, 5.41) is 5.18. The number of benzene rings is 2. The lowest BCUT2D eigenvalue weighted by molar-refractivity contribution is -0.115. The lowest BCUT2D eigenvalue weighted by Gasteiger charge is -2.02. The number of hydrogen-bond donors (Lipinski definition) is 1. The van der Waals surface area contributed by atoms with E-state index in [2.05, 4.69) is 10.3 Å². The highest BCUT2D eigenvalue weighted by atomic mass is 32.1. The number of rotatable bonds is 4. The molecule has 0 bridgehead atoms. The van der Waals surface area contributed by atoms with Crippen LogP contribution in [-0.4, -0.2) is 10.9 Å². The minimum Gasteiger partial charge on any atom is -0.302 e. The molecule has 22 heavy (non-hydrogen) atoms. The van der Waals surface area contributed by atoms with E-state index < -0.39 is 0 Å². The average Bonchev–Trinajstić information content (AvgIpc) is 2.96. The molecule has 110 valence electrons. The zero-order valence-corrected chi connectivity index (χ0v) is 12.4. The van der Waals surface area contributed by atoms with Crippen LogP contribution in [0.3, 0.4) is 0 Å². The molecule has 0 spiro atoms. The number of amides is 1. The number of carbonyl (C=O) groups excluding carboxylic acids is 1. The molecule has 0 unspecified atom stereocenters. The monoisotopic (exact) mass is 312 g/mol. The number of halogens is 1. The normalized spacial score (nSPS) is 10.4. The molecule has 0 fully saturated rings. The van der Waals surface area contributed by atoms with Gasteiger partial charge in [-0.05, 0) is 17.7 Å². The standard InChI is InChI=1S/C17H13FN2OS/c18-14-8-4-5-12(9-14)10-16(21)20-17-19-15(11-22-17)13-6-2-1-3-7-13/h1-9,11H,10H2,(H,19,20,21). The maximum atomic E-state index is 13.1. The van der Waals surface area contributed by atoms with Gasteiger partial charge in [0.2, 0.25) is 5.91 Å². The average molecular weight is 312 g/mol. The summed E-state index contributed by atoms with van der Waals surface area (Å²) in [6.45, 7) is 0. The molecule has 5 heteroatoms. The Bertz CT molecular complexity index is 786. The molecule has 3 rings (SSSR count). The van der Waals surface area contributed by atoms with Crippen LogP contribution in [-0.2, 0) is 11.2 Å². The predicted molar refractivity (Wildman–Crippen MR) is 86.3 cm³/mol. The molecular weight excluding hydrogens is 299 g/mol. The lowest BCUT2D eigenvalue weighted by atomic mass is 10.1. The molecule has 3 nitrogen and oxygen atoms in total. The SMILES string of the molecule is O=C(Cc1cccc(F)c1)Nc1nc(-c2ccccc2)cs1. The molecule has 1 amide bonds. The van der Waals surface area contributed by atoms with E-state index in [1.165, 1.54) is 23.5 Å². The van der Waals surface area contributed by atoms with Crippen LogP contribution in [0.25, 0.3) is 11.3 Å². The van der Waals surface area contributed by atoms with Crippen molar-refractivity contribution >= 4 is 22.4 Å². The molecule has 0 saturated carbocycles. The molecule has 1 N–H and O–H groups in total. The molecule has 1 heterocycles. The van der Waals surface area contributed by atoms with E-state index >= 15 is 0 Å². The summed E-state index contributed by atoms with van der Waals surface area (Å²) >= 11 is 1.37. The third-order valence-corrected chi connectivity index (χ3v) is 3.83. The quantitative estimate of drug-likeness (QED) is 0.787. The number of nitrogens with one attached hydrogen (secondary N) is 1. The summed E-state index contributed by atoms with van der Waals surface area (Å²) in [6, 6.07) is 15.8. The van der Waals surface area contributed by atoms with Gasteiger partial charge in [0.25, 0.3) is 0 Å². The minimum atomic E-state index is -0.342. The molecule has 0 saturated heterocycles. The number of aromatic nitrogens is 1. The van der Waals surface area contributed by atoms with Crippen molar-refractivity contribution in [1.29, 1.82) is 0 Å². The van der Waals surface area contributed by atoms with Crippen LogP contribution in [0.4, 0.5) is 9.52 Å². The van der Waals surface area contributed by atoms with Crippen LogP contribution in [0.2, 0.25) is 0 Å². The number of hydrogen-bond acceptors (Lipinski definition) is 3. The van der Waals surface area contributed by atoms with Gasteiger partial charge in [-0.2, -0.15) is 0 Å². The van der Waals surface area contributed by atoms with Crippen molar-refractivity contribution in [3.05, 3.63) is 71.4 Å². The summed E-state index contributed by atoms with van der Waals surface area (Å²) < 4.78 is 13.1. The van der Waals surface area contributed by atoms with Crippen molar-refractivity contribution in [3.8, 4) is 11.3 Å². The first-order chi connectivity index (χ1) is 10.7. The van der Waals surface area contributed by atoms with Gasteiger partial charge >= 0.3 is 0 Å². The van der Waals surface area contributed by atoms with Gasteiger partial charge in [0.1, 0.15) is 5.82 Å². The van der Waals surface area contributed by atoms with Gasteiger partial charge in [0.15, 0.2) is 5.13 Å². The van der Waals surface area contributed by atoms with Crippen molar-refractivity contribution < 1.29 is 9.18 Å². The third kappa shape index (κ3) is 3.56. The van der Waals surface area contributed by atoms with Crippen LogP contribution >= 0.6 is 11.3 Å². The summed E-state index contributed by atoms with van der Waals surface area (Å²) in [5.41, 5.74) is 2.47. The summed E-state index contributed by atoms with van der Waals surface area (Å²) in [5.74, 6) is -0.550. The highest BCUT2D eigenvalue weighted by molar-refractivity contribution is 7.14. The molecule has 0 atom stereocenters. The van der Waals surface area contributed by atoms with E-state index in [1.54, 1.807) is 12.1 Å². The van der Waals surface area contributed by atoms with Gasteiger partial charge in [0.05, 0.1) is 12.1 Å². The van der Waals surface area contributed by atoms with Gasteiger partial charge in [-0.3, -0.25) is 4.79 Å². The fraction of sp³-hybridized carbons (Fsp3) is 0.0588. The second-order valence-corrected chi connectivity index (χ2v) is 5.62. The molecular formula is C17H13FN2OS. The van der Waals surface area contributed by atoms with E-state index in [9.17, 15) is 9.18 Å². The Kier molecular flexibility index (Phi) is 4.25. The van der Waals surface area contributed by atoms with Crippen molar-refractivity contribution in [2.24, 2.45) is 0 Å². The highest BCUT2D eigenvalue weighted by Gasteiger charge is 2.09.